The Labute approximate surface area is 117 Å². The van der Waals surface area contributed by atoms with Crippen molar-refractivity contribution in [2.75, 3.05) is 19.8 Å². The topological polar surface area (TPSA) is 60.0 Å². The van der Waals surface area contributed by atoms with Gasteiger partial charge in [-0.15, -0.1) is 0 Å². The summed E-state index contributed by atoms with van der Waals surface area (Å²) in [5.74, 6) is 0.578. The Balaban J connectivity index is 1.61. The quantitative estimate of drug-likeness (QED) is 0.378. The van der Waals surface area contributed by atoms with Crippen molar-refractivity contribution in [1.82, 2.24) is 5.48 Å². The predicted octanol–water partition coefficient (Wildman–Crippen LogP) is -0.681. The highest BCUT2D eigenvalue weighted by Crippen LogP contribution is 2.25. The minimum absolute atomic E-state index is 0.0162. The van der Waals surface area contributed by atoms with Gasteiger partial charge in [0.05, 0.1) is 25.4 Å². The van der Waals surface area contributed by atoms with E-state index >= 15 is 0 Å². The third kappa shape index (κ3) is 4.20. The van der Waals surface area contributed by atoms with Crippen LogP contribution in [-0.2, 0) is 14.3 Å². The van der Waals surface area contributed by atoms with E-state index in [0.717, 1.165) is 12.8 Å². The summed E-state index contributed by atoms with van der Waals surface area (Å²) in [5.41, 5.74) is 2.91. The first-order valence-electron chi connectivity index (χ1n) is 6.87. The van der Waals surface area contributed by atoms with Gasteiger partial charge in [0.2, 0.25) is 0 Å². The van der Waals surface area contributed by atoms with Crippen molar-refractivity contribution in [3.05, 3.63) is 0 Å². The molecule has 2 rings (SSSR count). The number of aliphatic hydroxyl groups excluding tert-OH is 1. The molecule has 2 aliphatic rings. The number of nitrogens with one attached hydrogen (secondary N) is 1. The number of ether oxygens (including phenoxy) is 2. The van der Waals surface area contributed by atoms with Crippen LogP contribution in [0.15, 0.2) is 0 Å². The molecule has 0 aromatic rings. The van der Waals surface area contributed by atoms with Crippen molar-refractivity contribution < 1.29 is 19.4 Å². The van der Waals surface area contributed by atoms with Crippen molar-refractivity contribution in [3.63, 3.8) is 0 Å². The summed E-state index contributed by atoms with van der Waals surface area (Å²) in [6.45, 7) is 3.16. The summed E-state index contributed by atoms with van der Waals surface area (Å²) in [5, 5.41) is 9.16. The molecule has 0 unspecified atom stereocenters. The fraction of sp³-hybridized carbons (Fsp3) is 1.00. The van der Waals surface area contributed by atoms with Gasteiger partial charge < -0.3 is 14.6 Å². The molecule has 0 aromatic heterocycles. The summed E-state index contributed by atoms with van der Waals surface area (Å²) in [4.78, 5) is 5.42. The van der Waals surface area contributed by atoms with Crippen LogP contribution in [0.5, 0.6) is 0 Å². The Morgan fingerprint density at radius 2 is 1.89 bits per heavy atom. The van der Waals surface area contributed by atoms with Crippen LogP contribution >= 0.6 is 0 Å². The Morgan fingerprint density at radius 3 is 2.53 bits per heavy atom. The van der Waals surface area contributed by atoms with Gasteiger partial charge >= 0.3 is 0 Å². The van der Waals surface area contributed by atoms with Crippen molar-refractivity contribution in [3.8, 4) is 0 Å². The molecule has 0 bridgehead atoms. The molecule has 4 radical (unpaired) electrons. The van der Waals surface area contributed by atoms with E-state index in [2.05, 4.69) is 12.4 Å². The van der Waals surface area contributed by atoms with E-state index in [1.54, 1.807) is 0 Å². The molecule has 104 valence electrons. The molecule has 6 atom stereocenters. The number of hydroxylamine groups is 1. The van der Waals surface area contributed by atoms with Gasteiger partial charge in [-0.25, -0.2) is 5.48 Å². The normalized spacial score (nSPS) is 42.8. The van der Waals surface area contributed by atoms with Crippen LogP contribution in [0.25, 0.3) is 0 Å². The molecule has 0 saturated carbocycles. The minimum atomic E-state index is -0.292. The molecule has 2 aliphatic heterocycles. The largest absolute Gasteiger partial charge is 0.394 e. The average Bonchev–Trinajstić information content (AvgIpc) is 2.87. The molecular weight excluding hydrogens is 244 g/mol. The monoisotopic (exact) mass is 265 g/mol. The third-order valence-electron chi connectivity index (χ3n) is 3.87. The van der Waals surface area contributed by atoms with E-state index < -0.39 is 0 Å². The van der Waals surface area contributed by atoms with Gasteiger partial charge in [0, 0.05) is 24.5 Å². The van der Waals surface area contributed by atoms with Gasteiger partial charge in [0.25, 0.3) is 0 Å². The molecule has 0 aromatic carbocycles. The fourth-order valence-electron chi connectivity index (χ4n) is 2.69. The van der Waals surface area contributed by atoms with E-state index in [4.69, 9.17) is 35.1 Å². The number of aliphatic hydroxyl groups is 1. The molecular formula is C12H21B2NO4. The van der Waals surface area contributed by atoms with E-state index in [0.29, 0.717) is 19.1 Å². The van der Waals surface area contributed by atoms with Gasteiger partial charge in [0.1, 0.15) is 15.7 Å². The van der Waals surface area contributed by atoms with Crippen molar-refractivity contribution in [2.24, 2.45) is 11.8 Å². The number of hydrogen-bond donors (Lipinski definition) is 2. The predicted molar refractivity (Wildman–Crippen MR) is 71.8 cm³/mol. The number of hydrogen-bond acceptors (Lipinski definition) is 5. The lowest BCUT2D eigenvalue weighted by atomic mass is 9.91. The molecule has 7 heteroatoms. The first-order chi connectivity index (χ1) is 9.10. The zero-order valence-electron chi connectivity index (χ0n) is 11.3. The second-order valence-corrected chi connectivity index (χ2v) is 5.48. The van der Waals surface area contributed by atoms with Crippen LogP contribution in [0.1, 0.15) is 19.8 Å². The van der Waals surface area contributed by atoms with Crippen LogP contribution in [0, 0.1) is 11.8 Å². The lowest BCUT2D eigenvalue weighted by Gasteiger charge is -2.19. The zero-order valence-corrected chi connectivity index (χ0v) is 11.3. The Kier molecular flexibility index (Phi) is 5.71. The maximum Gasteiger partial charge on any atom is 0.109 e. The van der Waals surface area contributed by atoms with E-state index in [-0.39, 0.29) is 36.7 Å². The summed E-state index contributed by atoms with van der Waals surface area (Å²) in [6, 6.07) is -0.469. The summed E-state index contributed by atoms with van der Waals surface area (Å²) in [6.07, 6.45) is 1.42. The second kappa shape index (κ2) is 7.09. The lowest BCUT2D eigenvalue weighted by Crippen LogP contribution is -2.33. The molecule has 5 nitrogen and oxygen atoms in total. The van der Waals surface area contributed by atoms with Gasteiger partial charge in [-0.2, -0.15) is 0 Å². The Hall–Kier alpha value is -0.0701. The van der Waals surface area contributed by atoms with Gasteiger partial charge in [-0.05, 0) is 18.8 Å². The highest BCUT2D eigenvalue weighted by atomic mass is 16.7. The zero-order chi connectivity index (χ0) is 13.8. The smallest absolute Gasteiger partial charge is 0.109 e. The first-order valence-corrected chi connectivity index (χ1v) is 6.87. The van der Waals surface area contributed by atoms with Crippen molar-refractivity contribution >= 4 is 15.7 Å². The molecule has 2 fully saturated rings. The summed E-state index contributed by atoms with van der Waals surface area (Å²) in [7, 11) is 11.4. The molecule has 0 aliphatic carbocycles. The standard InChI is InChI=1S/C12H21B2NO4/c1-7-2-11(13)19-10(7)6-17-15-4-8-3-12(14)18-9(8)5-16/h7-12,15-16H,2-6H2,1H3/t7-,8+,9-,10-,11-,12-/m1/s1. The van der Waals surface area contributed by atoms with Crippen LogP contribution < -0.4 is 5.48 Å². The highest BCUT2D eigenvalue weighted by molar-refractivity contribution is 6.11. The molecule has 0 amide bonds. The van der Waals surface area contributed by atoms with Gasteiger partial charge in [0.15, 0.2) is 0 Å². The molecule has 19 heavy (non-hydrogen) atoms. The van der Waals surface area contributed by atoms with Crippen LogP contribution in [0.4, 0.5) is 0 Å². The Morgan fingerprint density at radius 1 is 1.21 bits per heavy atom. The fourth-order valence-corrected chi connectivity index (χ4v) is 2.69. The highest BCUT2D eigenvalue weighted by Gasteiger charge is 2.32. The Bertz CT molecular complexity index is 284. The lowest BCUT2D eigenvalue weighted by molar-refractivity contribution is -0.0528. The third-order valence-corrected chi connectivity index (χ3v) is 3.87. The van der Waals surface area contributed by atoms with Gasteiger partial charge in [-0.1, -0.05) is 6.92 Å². The molecule has 2 saturated heterocycles. The van der Waals surface area contributed by atoms with Gasteiger partial charge in [-0.3, -0.25) is 4.84 Å². The van der Waals surface area contributed by atoms with Crippen molar-refractivity contribution in [1.29, 1.82) is 0 Å². The summed E-state index contributed by atoms with van der Waals surface area (Å²) < 4.78 is 10.9. The van der Waals surface area contributed by atoms with Crippen LogP contribution in [0.2, 0.25) is 0 Å². The van der Waals surface area contributed by atoms with Crippen LogP contribution in [-0.4, -0.2) is 64.8 Å². The van der Waals surface area contributed by atoms with E-state index in [1.807, 2.05) is 0 Å². The average molecular weight is 265 g/mol. The summed E-state index contributed by atoms with van der Waals surface area (Å²) >= 11 is 0. The van der Waals surface area contributed by atoms with E-state index in [1.165, 1.54) is 0 Å². The van der Waals surface area contributed by atoms with E-state index in [9.17, 15) is 0 Å². The molecule has 2 heterocycles. The maximum absolute atomic E-state index is 9.16. The maximum atomic E-state index is 9.16. The van der Waals surface area contributed by atoms with Crippen molar-refractivity contribution in [2.45, 2.75) is 44.0 Å². The number of rotatable bonds is 6. The second-order valence-electron chi connectivity index (χ2n) is 5.48. The molecule has 0 spiro atoms. The SMILES string of the molecule is [B][C@H]1C[C@@H](CNOC[C@H]2O[C@@H]([B])C[C@H]2C)[C@@H](CO)O1. The van der Waals surface area contributed by atoms with Crippen LogP contribution in [0.3, 0.4) is 0 Å². The first kappa shape index (κ1) is 15.3. The minimum Gasteiger partial charge on any atom is -0.394 e. The molecule has 2 N–H and O–H groups in total.